The van der Waals surface area contributed by atoms with Crippen LogP contribution < -0.4 is 5.32 Å². The zero-order valence-electron chi connectivity index (χ0n) is 12.5. The molecular weight excluding hydrogens is 270 g/mol. The molecule has 0 saturated heterocycles. The van der Waals surface area contributed by atoms with Gasteiger partial charge in [-0.25, -0.2) is 0 Å². The van der Waals surface area contributed by atoms with Gasteiger partial charge in [0.15, 0.2) is 0 Å². The zero-order valence-corrected chi connectivity index (χ0v) is 12.5. The van der Waals surface area contributed by atoms with E-state index >= 15 is 0 Å². The second-order valence-electron chi connectivity index (χ2n) is 7.03. The second-order valence-corrected chi connectivity index (χ2v) is 7.03. The van der Waals surface area contributed by atoms with Crippen molar-refractivity contribution in [2.45, 2.75) is 31.2 Å². The van der Waals surface area contributed by atoms with Gasteiger partial charge in [0.25, 0.3) is 5.91 Å². The van der Waals surface area contributed by atoms with Gasteiger partial charge in [-0.3, -0.25) is 4.79 Å². The van der Waals surface area contributed by atoms with E-state index in [1.165, 1.54) is 36.0 Å². The fourth-order valence-corrected chi connectivity index (χ4v) is 5.03. The lowest BCUT2D eigenvalue weighted by atomic mass is 9.75. The van der Waals surface area contributed by atoms with Crippen LogP contribution in [-0.2, 0) is 0 Å². The molecule has 2 aromatic rings. The quantitative estimate of drug-likeness (QED) is 0.845. The van der Waals surface area contributed by atoms with Gasteiger partial charge < -0.3 is 5.32 Å². The highest BCUT2D eigenvalue weighted by molar-refractivity contribution is 5.98. The molecule has 0 aromatic heterocycles. The summed E-state index contributed by atoms with van der Waals surface area (Å²) in [6, 6.07) is 17.2. The topological polar surface area (TPSA) is 29.1 Å². The molecule has 2 saturated carbocycles. The number of nitrogens with one attached hydrogen (secondary N) is 1. The fraction of sp³-hybridized carbons (Fsp3) is 0.350. The smallest absolute Gasteiger partial charge is 0.251 e. The molecule has 5 rings (SSSR count). The zero-order chi connectivity index (χ0) is 14.7. The minimum atomic E-state index is 0.128. The molecule has 2 fully saturated rings. The molecule has 2 aromatic carbocycles. The maximum atomic E-state index is 12.4. The van der Waals surface area contributed by atoms with Crippen molar-refractivity contribution in [2.24, 2.45) is 11.8 Å². The normalized spacial score (nSPS) is 31.5. The minimum Gasteiger partial charge on any atom is -0.348 e. The highest BCUT2D eigenvalue weighted by Gasteiger charge is 2.51. The number of amides is 1. The van der Waals surface area contributed by atoms with Crippen molar-refractivity contribution in [3.63, 3.8) is 0 Å². The van der Waals surface area contributed by atoms with E-state index in [9.17, 15) is 4.79 Å². The van der Waals surface area contributed by atoms with Crippen LogP contribution in [0.15, 0.2) is 48.5 Å². The van der Waals surface area contributed by atoms with Gasteiger partial charge >= 0.3 is 0 Å². The first kappa shape index (κ1) is 12.5. The van der Waals surface area contributed by atoms with Crippen molar-refractivity contribution in [1.82, 2.24) is 5.32 Å². The van der Waals surface area contributed by atoms with Crippen molar-refractivity contribution >= 4 is 5.91 Å². The van der Waals surface area contributed by atoms with Crippen molar-refractivity contribution in [1.29, 1.82) is 0 Å². The molecule has 2 heteroatoms. The van der Waals surface area contributed by atoms with Gasteiger partial charge in [0.2, 0.25) is 0 Å². The molecule has 3 aliphatic rings. The van der Waals surface area contributed by atoms with Crippen molar-refractivity contribution in [2.75, 3.05) is 0 Å². The summed E-state index contributed by atoms with van der Waals surface area (Å²) in [6.45, 7) is 0. The number of carbonyl (C=O) groups excluding carboxylic acids is 1. The summed E-state index contributed by atoms with van der Waals surface area (Å²) in [4.78, 5) is 12.4. The number of carbonyl (C=O) groups is 1. The maximum Gasteiger partial charge on any atom is 0.251 e. The Hall–Kier alpha value is -2.09. The highest BCUT2D eigenvalue weighted by atomic mass is 16.1. The Kier molecular flexibility index (Phi) is 2.52. The van der Waals surface area contributed by atoms with Crippen LogP contribution in [0.1, 0.15) is 41.1 Å². The molecule has 1 heterocycles. The molecular formula is C20H19NO. The highest BCUT2D eigenvalue weighted by Crippen LogP contribution is 2.55. The summed E-state index contributed by atoms with van der Waals surface area (Å²) in [7, 11) is 0. The number of rotatable bonds is 1. The number of hydrogen-bond donors (Lipinski definition) is 1. The van der Waals surface area contributed by atoms with Gasteiger partial charge in [-0.1, -0.05) is 36.4 Å². The average Bonchev–Trinajstić information content (AvgIpc) is 3.17. The van der Waals surface area contributed by atoms with Gasteiger partial charge in [-0.15, -0.1) is 0 Å². The van der Waals surface area contributed by atoms with Gasteiger partial charge in [0.05, 0.1) is 0 Å². The lowest BCUT2D eigenvalue weighted by molar-refractivity contribution is 0.0895. The van der Waals surface area contributed by atoms with Crippen LogP contribution in [0.2, 0.25) is 0 Å². The van der Waals surface area contributed by atoms with E-state index < -0.39 is 0 Å². The maximum absolute atomic E-state index is 12.4. The van der Waals surface area contributed by atoms with E-state index in [-0.39, 0.29) is 5.91 Å². The largest absolute Gasteiger partial charge is 0.348 e. The molecule has 2 nitrogen and oxygen atoms in total. The first-order valence-corrected chi connectivity index (χ1v) is 8.31. The Balaban J connectivity index is 1.65. The molecule has 2 aliphatic carbocycles. The molecule has 4 atom stereocenters. The van der Waals surface area contributed by atoms with Gasteiger partial charge in [-0.05, 0) is 59.9 Å². The minimum absolute atomic E-state index is 0.128. The van der Waals surface area contributed by atoms with Gasteiger partial charge in [0.1, 0.15) is 0 Å². The Morgan fingerprint density at radius 2 is 1.73 bits per heavy atom. The Morgan fingerprint density at radius 1 is 0.909 bits per heavy atom. The molecule has 110 valence electrons. The van der Waals surface area contributed by atoms with Crippen LogP contribution in [0, 0.1) is 11.8 Å². The molecule has 1 amide bonds. The summed E-state index contributed by atoms with van der Waals surface area (Å²) >= 11 is 0. The van der Waals surface area contributed by atoms with E-state index in [4.69, 9.17) is 0 Å². The van der Waals surface area contributed by atoms with Crippen LogP contribution in [0.5, 0.6) is 0 Å². The van der Waals surface area contributed by atoms with Crippen LogP contribution >= 0.6 is 0 Å². The molecule has 22 heavy (non-hydrogen) atoms. The SMILES string of the molecule is O=C1N[C@H]2[C@@H]3CC[C@@H](C3)[C@H]2c2cc(-c3ccccc3)ccc21. The monoisotopic (exact) mass is 289 g/mol. The Labute approximate surface area is 130 Å². The lowest BCUT2D eigenvalue weighted by Crippen LogP contribution is -2.47. The fourth-order valence-electron chi connectivity index (χ4n) is 5.03. The molecule has 2 bridgehead atoms. The van der Waals surface area contributed by atoms with Crippen LogP contribution in [0.4, 0.5) is 0 Å². The summed E-state index contributed by atoms with van der Waals surface area (Å²) in [6.07, 6.45) is 3.92. The predicted molar refractivity (Wildman–Crippen MR) is 86.7 cm³/mol. The number of benzene rings is 2. The Morgan fingerprint density at radius 3 is 2.59 bits per heavy atom. The standard InChI is InChI=1S/C20H19NO/c22-20-16-9-8-13(12-4-2-1-3-5-12)11-17(16)18-14-6-7-15(10-14)19(18)21-20/h1-5,8-9,11,14-15,18-19H,6-7,10H2,(H,21,22)/t14-,15+,18-,19-/m0/s1. The van der Waals surface area contributed by atoms with E-state index in [2.05, 4.69) is 41.7 Å². The average molecular weight is 289 g/mol. The molecule has 1 aliphatic heterocycles. The van der Waals surface area contributed by atoms with Crippen LogP contribution in [0.25, 0.3) is 11.1 Å². The van der Waals surface area contributed by atoms with Crippen LogP contribution in [0.3, 0.4) is 0 Å². The third-order valence-electron chi connectivity index (χ3n) is 5.98. The summed E-state index contributed by atoms with van der Waals surface area (Å²) in [5.41, 5.74) is 4.65. The molecule has 0 radical (unpaired) electrons. The number of fused-ring (bicyclic) bond motifs is 7. The van der Waals surface area contributed by atoms with Crippen molar-refractivity contribution in [3.05, 3.63) is 59.7 Å². The summed E-state index contributed by atoms with van der Waals surface area (Å²) in [5, 5.41) is 3.29. The second kappa shape index (κ2) is 4.45. The first-order chi connectivity index (χ1) is 10.8. The lowest BCUT2D eigenvalue weighted by Gasteiger charge is -2.37. The van der Waals surface area contributed by atoms with Crippen molar-refractivity contribution < 1.29 is 4.79 Å². The van der Waals surface area contributed by atoms with E-state index in [1.807, 2.05) is 12.1 Å². The first-order valence-electron chi connectivity index (χ1n) is 8.31. The van der Waals surface area contributed by atoms with E-state index in [1.54, 1.807) is 0 Å². The van der Waals surface area contributed by atoms with Crippen LogP contribution in [-0.4, -0.2) is 11.9 Å². The van der Waals surface area contributed by atoms with Crippen molar-refractivity contribution in [3.8, 4) is 11.1 Å². The number of hydrogen-bond acceptors (Lipinski definition) is 1. The molecule has 0 spiro atoms. The third kappa shape index (κ3) is 1.64. The summed E-state index contributed by atoms with van der Waals surface area (Å²) < 4.78 is 0. The third-order valence-corrected chi connectivity index (χ3v) is 5.98. The van der Waals surface area contributed by atoms with Gasteiger partial charge in [-0.2, -0.15) is 0 Å². The molecule has 1 N–H and O–H groups in total. The van der Waals surface area contributed by atoms with Gasteiger partial charge in [0, 0.05) is 17.5 Å². The summed E-state index contributed by atoms with van der Waals surface area (Å²) in [5.74, 6) is 2.13. The van der Waals surface area contributed by atoms with E-state index in [0.29, 0.717) is 17.9 Å². The predicted octanol–water partition coefficient (Wildman–Crippen LogP) is 3.98. The molecule has 0 unspecified atom stereocenters. The Bertz CT molecular complexity index is 752. The van der Waals surface area contributed by atoms with E-state index in [0.717, 1.165) is 11.5 Å².